The number of thiophene rings is 1. The van der Waals surface area contributed by atoms with E-state index in [1.54, 1.807) is 37.4 Å². The molecule has 26 heavy (non-hydrogen) atoms. The Hall–Kier alpha value is -2.74. The lowest BCUT2D eigenvalue weighted by Crippen LogP contribution is -2.43. The molecule has 2 atom stereocenters. The summed E-state index contributed by atoms with van der Waals surface area (Å²) in [4.78, 5) is 38.1. The Balaban J connectivity index is 1.66. The van der Waals surface area contributed by atoms with Gasteiger partial charge >= 0.3 is 6.03 Å². The molecule has 4 amide bonds. The number of carbonyl (C=O) groups excluding carboxylic acids is 3. The van der Waals surface area contributed by atoms with E-state index in [4.69, 9.17) is 0 Å². The van der Waals surface area contributed by atoms with E-state index in [1.165, 1.54) is 23.5 Å². The van der Waals surface area contributed by atoms with Crippen molar-refractivity contribution in [3.05, 3.63) is 58.0 Å². The predicted molar refractivity (Wildman–Crippen MR) is 94.9 cm³/mol. The summed E-state index contributed by atoms with van der Waals surface area (Å²) in [6.07, 6.45) is 0. The van der Waals surface area contributed by atoms with Gasteiger partial charge in [-0.05, 0) is 53.9 Å². The molecule has 0 saturated carbocycles. The third-order valence-corrected chi connectivity index (χ3v) is 5.11. The summed E-state index contributed by atoms with van der Waals surface area (Å²) < 4.78 is 13.0. The van der Waals surface area contributed by atoms with Crippen LogP contribution in [0, 0.1) is 5.82 Å². The Bertz CT molecular complexity index is 838. The molecular weight excluding hydrogens is 357 g/mol. The summed E-state index contributed by atoms with van der Waals surface area (Å²) in [7, 11) is 0. The largest absolute Gasteiger partial charge is 0.348 e. The molecule has 0 bridgehead atoms. The van der Waals surface area contributed by atoms with Crippen LogP contribution in [0.15, 0.2) is 41.1 Å². The lowest BCUT2D eigenvalue weighted by Gasteiger charge is -2.21. The van der Waals surface area contributed by atoms with E-state index >= 15 is 0 Å². The Labute approximate surface area is 154 Å². The number of amides is 4. The Kier molecular flexibility index (Phi) is 4.78. The highest BCUT2D eigenvalue weighted by Crippen LogP contribution is 2.30. The second kappa shape index (κ2) is 6.87. The SMILES string of the molecule is C[C@@H](NC(=O)CN1C(=O)N[C@@](C)(c2ccsc2)C1=O)c1ccc(F)cc1. The van der Waals surface area contributed by atoms with Crippen molar-refractivity contribution in [3.63, 3.8) is 0 Å². The molecular formula is C18H18FN3O3S. The Morgan fingerprint density at radius 2 is 2.00 bits per heavy atom. The van der Waals surface area contributed by atoms with Gasteiger partial charge in [-0.15, -0.1) is 0 Å². The summed E-state index contributed by atoms with van der Waals surface area (Å²) in [6, 6.07) is 6.54. The maximum absolute atomic E-state index is 13.0. The highest BCUT2D eigenvalue weighted by molar-refractivity contribution is 7.08. The highest BCUT2D eigenvalue weighted by atomic mass is 32.1. The van der Waals surface area contributed by atoms with Gasteiger partial charge < -0.3 is 10.6 Å². The number of urea groups is 1. The Morgan fingerprint density at radius 3 is 2.62 bits per heavy atom. The van der Waals surface area contributed by atoms with Gasteiger partial charge in [0.1, 0.15) is 17.9 Å². The summed E-state index contributed by atoms with van der Waals surface area (Å²) in [5.74, 6) is -1.30. The first-order valence-corrected chi connectivity index (χ1v) is 8.97. The van der Waals surface area contributed by atoms with Gasteiger partial charge in [-0.25, -0.2) is 9.18 Å². The molecule has 1 aliphatic heterocycles. The number of rotatable bonds is 5. The molecule has 136 valence electrons. The quantitative estimate of drug-likeness (QED) is 0.789. The van der Waals surface area contributed by atoms with Gasteiger partial charge in [-0.1, -0.05) is 12.1 Å². The summed E-state index contributed by atoms with van der Waals surface area (Å²) >= 11 is 1.42. The molecule has 0 spiro atoms. The number of halogens is 1. The van der Waals surface area contributed by atoms with Gasteiger partial charge in [0, 0.05) is 0 Å². The fourth-order valence-electron chi connectivity index (χ4n) is 2.85. The summed E-state index contributed by atoms with van der Waals surface area (Å²) in [5.41, 5.74) is 0.239. The second-order valence-corrected chi connectivity index (χ2v) is 7.08. The van der Waals surface area contributed by atoms with Gasteiger partial charge in [-0.2, -0.15) is 11.3 Å². The molecule has 2 N–H and O–H groups in total. The molecule has 3 rings (SSSR count). The van der Waals surface area contributed by atoms with E-state index < -0.39 is 23.4 Å². The third kappa shape index (κ3) is 3.32. The molecule has 2 heterocycles. The number of nitrogens with one attached hydrogen (secondary N) is 2. The fourth-order valence-corrected chi connectivity index (χ4v) is 3.62. The second-order valence-electron chi connectivity index (χ2n) is 6.30. The molecule has 1 saturated heterocycles. The fraction of sp³-hybridized carbons (Fsp3) is 0.278. The minimum atomic E-state index is -1.17. The first-order valence-electron chi connectivity index (χ1n) is 8.03. The minimum absolute atomic E-state index is 0.362. The minimum Gasteiger partial charge on any atom is -0.348 e. The molecule has 1 aromatic carbocycles. The normalized spacial score (nSPS) is 20.8. The molecule has 0 unspecified atom stereocenters. The summed E-state index contributed by atoms with van der Waals surface area (Å²) in [5, 5.41) is 8.97. The number of imide groups is 1. The number of benzene rings is 1. The monoisotopic (exact) mass is 375 g/mol. The average Bonchev–Trinajstić information content (AvgIpc) is 3.20. The van der Waals surface area contributed by atoms with Crippen LogP contribution < -0.4 is 10.6 Å². The molecule has 1 fully saturated rings. The van der Waals surface area contributed by atoms with Crippen LogP contribution >= 0.6 is 11.3 Å². The van der Waals surface area contributed by atoms with E-state index in [2.05, 4.69) is 10.6 Å². The van der Waals surface area contributed by atoms with Crippen molar-refractivity contribution >= 4 is 29.2 Å². The van der Waals surface area contributed by atoms with Gasteiger partial charge in [-0.3, -0.25) is 14.5 Å². The van der Waals surface area contributed by atoms with Crippen molar-refractivity contribution in [1.82, 2.24) is 15.5 Å². The average molecular weight is 375 g/mol. The van der Waals surface area contributed by atoms with Crippen LogP contribution in [0.5, 0.6) is 0 Å². The van der Waals surface area contributed by atoms with E-state index in [0.717, 1.165) is 10.5 Å². The zero-order chi connectivity index (χ0) is 18.9. The van der Waals surface area contributed by atoms with Gasteiger partial charge in [0.25, 0.3) is 5.91 Å². The number of hydrogen-bond donors (Lipinski definition) is 2. The van der Waals surface area contributed by atoms with Crippen molar-refractivity contribution in [2.75, 3.05) is 6.54 Å². The smallest absolute Gasteiger partial charge is 0.325 e. The standard InChI is InChI=1S/C18H18FN3O3S/c1-11(12-3-5-14(19)6-4-12)20-15(23)9-22-16(24)18(2,21-17(22)25)13-7-8-26-10-13/h3-8,10-11H,9H2,1-2H3,(H,20,23)(H,21,25)/t11-,18+/m1/s1. The van der Waals surface area contributed by atoms with Gasteiger partial charge in [0.05, 0.1) is 6.04 Å². The molecule has 6 nitrogen and oxygen atoms in total. The van der Waals surface area contributed by atoms with Crippen LogP contribution in [0.3, 0.4) is 0 Å². The van der Waals surface area contributed by atoms with Crippen molar-refractivity contribution < 1.29 is 18.8 Å². The zero-order valence-corrected chi connectivity index (χ0v) is 15.1. The number of carbonyl (C=O) groups is 3. The third-order valence-electron chi connectivity index (χ3n) is 4.42. The molecule has 2 aromatic rings. The molecule has 1 aromatic heterocycles. The zero-order valence-electron chi connectivity index (χ0n) is 14.3. The number of nitrogens with zero attached hydrogens (tertiary/aromatic N) is 1. The molecule has 0 aliphatic carbocycles. The summed E-state index contributed by atoms with van der Waals surface area (Å²) in [6.45, 7) is 2.98. The first-order chi connectivity index (χ1) is 12.3. The van der Waals surface area contributed by atoms with Crippen LogP contribution in [0.1, 0.15) is 31.0 Å². The lowest BCUT2D eigenvalue weighted by molar-refractivity contribution is -0.135. The van der Waals surface area contributed by atoms with E-state index in [0.29, 0.717) is 5.56 Å². The van der Waals surface area contributed by atoms with E-state index in [-0.39, 0.29) is 18.4 Å². The van der Waals surface area contributed by atoms with Crippen LogP contribution in [-0.4, -0.2) is 29.3 Å². The Morgan fingerprint density at radius 1 is 1.31 bits per heavy atom. The van der Waals surface area contributed by atoms with Crippen LogP contribution in [0.4, 0.5) is 9.18 Å². The molecule has 0 radical (unpaired) electrons. The molecule has 1 aliphatic rings. The lowest BCUT2D eigenvalue weighted by atomic mass is 9.95. The predicted octanol–water partition coefficient (Wildman–Crippen LogP) is 2.53. The van der Waals surface area contributed by atoms with Gasteiger partial charge in [0.2, 0.25) is 5.91 Å². The van der Waals surface area contributed by atoms with Crippen molar-refractivity contribution in [3.8, 4) is 0 Å². The van der Waals surface area contributed by atoms with Gasteiger partial charge in [0.15, 0.2) is 0 Å². The maximum atomic E-state index is 13.0. The highest BCUT2D eigenvalue weighted by Gasteiger charge is 2.49. The van der Waals surface area contributed by atoms with Crippen LogP contribution in [-0.2, 0) is 15.1 Å². The topological polar surface area (TPSA) is 78.5 Å². The van der Waals surface area contributed by atoms with Crippen molar-refractivity contribution in [1.29, 1.82) is 0 Å². The molecule has 8 heteroatoms. The van der Waals surface area contributed by atoms with Crippen LogP contribution in [0.25, 0.3) is 0 Å². The van der Waals surface area contributed by atoms with Crippen LogP contribution in [0.2, 0.25) is 0 Å². The number of hydrogen-bond acceptors (Lipinski definition) is 4. The van der Waals surface area contributed by atoms with Crippen molar-refractivity contribution in [2.24, 2.45) is 0 Å². The first kappa shape index (κ1) is 18.1. The maximum Gasteiger partial charge on any atom is 0.325 e. The van der Waals surface area contributed by atoms with E-state index in [9.17, 15) is 18.8 Å². The van der Waals surface area contributed by atoms with E-state index in [1.807, 2.05) is 5.38 Å². The van der Waals surface area contributed by atoms with Crippen molar-refractivity contribution in [2.45, 2.75) is 25.4 Å².